The van der Waals surface area contributed by atoms with Crippen LogP contribution in [0.5, 0.6) is 0 Å². The number of hydrogen-bond donors (Lipinski definition) is 0. The SMILES string of the molecule is Cc1ccc(C2=C(N3CCN(c4ncccn4)CC3)C(=O)N(Cc3ccco3)C2=O)cc1. The van der Waals surface area contributed by atoms with Crippen molar-refractivity contribution in [3.8, 4) is 0 Å². The number of hydrogen-bond acceptors (Lipinski definition) is 7. The van der Waals surface area contributed by atoms with E-state index in [2.05, 4.69) is 14.9 Å². The first-order chi connectivity index (χ1) is 15.6. The van der Waals surface area contributed by atoms with Gasteiger partial charge in [-0.2, -0.15) is 0 Å². The van der Waals surface area contributed by atoms with E-state index in [-0.39, 0.29) is 18.4 Å². The Hall–Kier alpha value is -3.94. The maximum Gasteiger partial charge on any atom is 0.278 e. The zero-order chi connectivity index (χ0) is 22.1. The highest BCUT2D eigenvalue weighted by Gasteiger charge is 2.42. The Bertz CT molecular complexity index is 1150. The van der Waals surface area contributed by atoms with Crippen molar-refractivity contribution in [1.29, 1.82) is 0 Å². The Kier molecular flexibility index (Phi) is 5.18. The smallest absolute Gasteiger partial charge is 0.278 e. The van der Waals surface area contributed by atoms with Gasteiger partial charge in [0.15, 0.2) is 0 Å². The lowest BCUT2D eigenvalue weighted by Crippen LogP contribution is -2.48. The van der Waals surface area contributed by atoms with Gasteiger partial charge >= 0.3 is 0 Å². The minimum Gasteiger partial charge on any atom is -0.467 e. The molecule has 2 aliphatic heterocycles. The number of carbonyl (C=O) groups excluding carboxylic acids is 2. The van der Waals surface area contributed by atoms with Crippen LogP contribution in [0.1, 0.15) is 16.9 Å². The molecule has 0 radical (unpaired) electrons. The summed E-state index contributed by atoms with van der Waals surface area (Å²) in [4.78, 5) is 40.9. The van der Waals surface area contributed by atoms with E-state index in [4.69, 9.17) is 4.42 Å². The van der Waals surface area contributed by atoms with E-state index >= 15 is 0 Å². The van der Waals surface area contributed by atoms with Crippen LogP contribution < -0.4 is 4.90 Å². The maximum atomic E-state index is 13.5. The standard InChI is InChI=1S/C24H23N5O3/c1-17-5-7-18(8-6-17)20-21(23(31)29(22(20)30)16-19-4-2-15-32-19)27-11-13-28(14-12-27)24-25-9-3-10-26-24/h2-10,15H,11-14,16H2,1H3. The van der Waals surface area contributed by atoms with Crippen LogP contribution in [0.3, 0.4) is 0 Å². The van der Waals surface area contributed by atoms with E-state index in [9.17, 15) is 9.59 Å². The van der Waals surface area contributed by atoms with Crippen molar-refractivity contribution in [1.82, 2.24) is 19.8 Å². The average molecular weight is 429 g/mol. The largest absolute Gasteiger partial charge is 0.467 e. The fourth-order valence-corrected chi connectivity index (χ4v) is 4.12. The van der Waals surface area contributed by atoms with Gasteiger partial charge in [0.1, 0.15) is 11.5 Å². The highest BCUT2D eigenvalue weighted by Crippen LogP contribution is 2.33. The molecule has 32 heavy (non-hydrogen) atoms. The average Bonchev–Trinajstić information content (AvgIpc) is 3.43. The summed E-state index contributed by atoms with van der Waals surface area (Å²) in [7, 11) is 0. The molecule has 2 amide bonds. The van der Waals surface area contributed by atoms with E-state index < -0.39 is 0 Å². The molecule has 3 aromatic rings. The second-order valence-corrected chi connectivity index (χ2v) is 7.89. The van der Waals surface area contributed by atoms with Crippen LogP contribution in [0.15, 0.2) is 71.2 Å². The molecule has 0 aliphatic carbocycles. The number of furan rings is 1. The molecule has 2 aromatic heterocycles. The van der Waals surface area contributed by atoms with Crippen molar-refractivity contribution in [2.75, 3.05) is 31.1 Å². The molecular formula is C24H23N5O3. The van der Waals surface area contributed by atoms with Crippen molar-refractivity contribution in [3.05, 3.63) is 83.7 Å². The minimum atomic E-state index is -0.293. The van der Waals surface area contributed by atoms with Crippen molar-refractivity contribution in [2.24, 2.45) is 0 Å². The topological polar surface area (TPSA) is 82.8 Å². The van der Waals surface area contributed by atoms with Crippen LogP contribution in [0, 0.1) is 6.92 Å². The predicted molar refractivity (Wildman–Crippen MR) is 118 cm³/mol. The third kappa shape index (κ3) is 3.64. The van der Waals surface area contributed by atoms with Crippen LogP contribution in [0.4, 0.5) is 5.95 Å². The molecular weight excluding hydrogens is 406 g/mol. The van der Waals surface area contributed by atoms with Crippen molar-refractivity contribution < 1.29 is 14.0 Å². The molecule has 0 saturated carbocycles. The summed E-state index contributed by atoms with van der Waals surface area (Å²) in [5.74, 6) is 0.667. The predicted octanol–water partition coefficient (Wildman–Crippen LogP) is 2.48. The first-order valence-corrected chi connectivity index (χ1v) is 10.6. The molecule has 1 saturated heterocycles. The number of benzene rings is 1. The number of aromatic nitrogens is 2. The molecule has 8 heteroatoms. The number of aryl methyl sites for hydroxylation is 1. The number of carbonyl (C=O) groups is 2. The van der Waals surface area contributed by atoms with Crippen molar-refractivity contribution >= 4 is 23.3 Å². The normalized spacial score (nSPS) is 17.0. The Labute approximate surface area is 185 Å². The zero-order valence-corrected chi connectivity index (χ0v) is 17.8. The lowest BCUT2D eigenvalue weighted by atomic mass is 10.0. The van der Waals surface area contributed by atoms with Gasteiger partial charge in [0, 0.05) is 38.6 Å². The molecule has 0 spiro atoms. The summed E-state index contributed by atoms with van der Waals surface area (Å²) in [6.07, 6.45) is 4.98. The van der Waals surface area contributed by atoms with Gasteiger partial charge < -0.3 is 14.2 Å². The van der Waals surface area contributed by atoms with Crippen LogP contribution in [-0.2, 0) is 16.1 Å². The first kappa shape index (κ1) is 20.0. The summed E-state index contributed by atoms with van der Waals surface area (Å²) < 4.78 is 5.39. The Balaban J connectivity index is 1.45. The van der Waals surface area contributed by atoms with Gasteiger partial charge in [0.05, 0.1) is 18.4 Å². The van der Waals surface area contributed by atoms with Gasteiger partial charge in [-0.25, -0.2) is 9.97 Å². The number of anilines is 1. The molecule has 2 aliphatic rings. The first-order valence-electron chi connectivity index (χ1n) is 10.6. The fourth-order valence-electron chi connectivity index (χ4n) is 4.12. The van der Waals surface area contributed by atoms with Crippen molar-refractivity contribution in [3.63, 3.8) is 0 Å². The number of nitrogens with zero attached hydrogens (tertiary/aromatic N) is 5. The second kappa shape index (κ2) is 8.30. The highest BCUT2D eigenvalue weighted by molar-refractivity contribution is 6.35. The lowest BCUT2D eigenvalue weighted by Gasteiger charge is -2.36. The molecule has 1 aromatic carbocycles. The molecule has 0 bridgehead atoms. The number of amides is 2. The molecule has 1 fully saturated rings. The Morgan fingerprint density at radius 3 is 2.22 bits per heavy atom. The van der Waals surface area contributed by atoms with Gasteiger partial charge in [0.25, 0.3) is 11.8 Å². The third-order valence-corrected chi connectivity index (χ3v) is 5.81. The van der Waals surface area contributed by atoms with Crippen LogP contribution in [-0.4, -0.2) is 57.8 Å². The zero-order valence-electron chi connectivity index (χ0n) is 17.8. The molecule has 5 rings (SSSR count). The van der Waals surface area contributed by atoms with Crippen LogP contribution in [0.25, 0.3) is 5.57 Å². The number of rotatable bonds is 5. The summed E-state index contributed by atoms with van der Waals surface area (Å²) in [6, 6.07) is 13.0. The van der Waals surface area contributed by atoms with Gasteiger partial charge in [0.2, 0.25) is 5.95 Å². The monoisotopic (exact) mass is 429 g/mol. The maximum absolute atomic E-state index is 13.5. The van der Waals surface area contributed by atoms with Gasteiger partial charge in [-0.05, 0) is 30.7 Å². The van der Waals surface area contributed by atoms with Crippen LogP contribution >= 0.6 is 0 Å². The van der Waals surface area contributed by atoms with Gasteiger partial charge in [-0.1, -0.05) is 29.8 Å². The van der Waals surface area contributed by atoms with Crippen LogP contribution in [0.2, 0.25) is 0 Å². The summed E-state index contributed by atoms with van der Waals surface area (Å²) in [6.45, 7) is 4.62. The summed E-state index contributed by atoms with van der Waals surface area (Å²) in [5, 5.41) is 0. The third-order valence-electron chi connectivity index (χ3n) is 5.81. The van der Waals surface area contributed by atoms with E-state index in [1.807, 2.05) is 36.1 Å². The fraction of sp³-hybridized carbons (Fsp3) is 0.250. The Morgan fingerprint density at radius 1 is 0.875 bits per heavy atom. The molecule has 8 nitrogen and oxygen atoms in total. The summed E-state index contributed by atoms with van der Waals surface area (Å²) >= 11 is 0. The second-order valence-electron chi connectivity index (χ2n) is 7.89. The molecule has 162 valence electrons. The lowest BCUT2D eigenvalue weighted by molar-refractivity contribution is -0.138. The number of imide groups is 1. The Morgan fingerprint density at radius 2 is 1.56 bits per heavy atom. The van der Waals surface area contributed by atoms with E-state index in [1.54, 1.807) is 36.9 Å². The highest BCUT2D eigenvalue weighted by atomic mass is 16.3. The van der Waals surface area contributed by atoms with E-state index in [0.717, 1.165) is 11.1 Å². The molecule has 0 N–H and O–H groups in total. The van der Waals surface area contributed by atoms with Crippen molar-refractivity contribution in [2.45, 2.75) is 13.5 Å². The molecule has 4 heterocycles. The molecule has 0 atom stereocenters. The van der Waals surface area contributed by atoms with Gasteiger partial charge in [-0.15, -0.1) is 0 Å². The molecule has 0 unspecified atom stereocenters. The van der Waals surface area contributed by atoms with E-state index in [1.165, 1.54) is 4.90 Å². The quantitative estimate of drug-likeness (QED) is 0.576. The number of piperazine rings is 1. The van der Waals surface area contributed by atoms with Gasteiger partial charge in [-0.3, -0.25) is 14.5 Å². The van der Waals surface area contributed by atoms with E-state index in [0.29, 0.717) is 49.2 Å². The summed E-state index contributed by atoms with van der Waals surface area (Å²) in [5.41, 5.74) is 2.75. The minimum absolute atomic E-state index is 0.112.